The lowest BCUT2D eigenvalue weighted by atomic mass is 10.1. The smallest absolute Gasteiger partial charge is 0.271 e. The van der Waals surface area contributed by atoms with Gasteiger partial charge in [0.15, 0.2) is 0 Å². The summed E-state index contributed by atoms with van der Waals surface area (Å²) in [6.45, 7) is 0.235. The molecule has 0 saturated carbocycles. The molecule has 0 radical (unpaired) electrons. The van der Waals surface area contributed by atoms with Crippen LogP contribution in [0.25, 0.3) is 0 Å². The Labute approximate surface area is 137 Å². The van der Waals surface area contributed by atoms with Crippen molar-refractivity contribution in [1.29, 1.82) is 0 Å². The highest BCUT2D eigenvalue weighted by atomic mass is 35.5. The summed E-state index contributed by atoms with van der Waals surface area (Å²) in [6, 6.07) is 10.1. The molecule has 7 heteroatoms. The summed E-state index contributed by atoms with van der Waals surface area (Å²) >= 11 is 6.11. The van der Waals surface area contributed by atoms with Gasteiger partial charge in [0.2, 0.25) is 11.8 Å². The van der Waals surface area contributed by atoms with Crippen molar-refractivity contribution in [3.8, 4) is 0 Å². The fourth-order valence-electron chi connectivity index (χ4n) is 2.54. The van der Waals surface area contributed by atoms with Gasteiger partial charge >= 0.3 is 0 Å². The molecule has 118 valence electrons. The molecule has 0 bridgehead atoms. The summed E-state index contributed by atoms with van der Waals surface area (Å²) in [5.41, 5.74) is 0.376. The molecule has 6 nitrogen and oxygen atoms in total. The van der Waals surface area contributed by atoms with Crippen LogP contribution in [0.5, 0.6) is 0 Å². The third-order valence-corrected chi connectivity index (χ3v) is 4.03. The van der Waals surface area contributed by atoms with E-state index in [1.807, 2.05) is 0 Å². The molecule has 1 atom stereocenters. The highest BCUT2D eigenvalue weighted by Crippen LogP contribution is 2.31. The number of H-pyrrole nitrogens is 1. The zero-order chi connectivity index (χ0) is 16.4. The fourth-order valence-corrected chi connectivity index (χ4v) is 2.78. The minimum absolute atomic E-state index is 0.0851. The van der Waals surface area contributed by atoms with Crippen molar-refractivity contribution < 1.29 is 9.59 Å². The predicted molar refractivity (Wildman–Crippen MR) is 87.6 cm³/mol. The Balaban J connectivity index is 1.75. The van der Waals surface area contributed by atoms with E-state index in [0.29, 0.717) is 10.7 Å². The van der Waals surface area contributed by atoms with E-state index in [2.05, 4.69) is 10.3 Å². The van der Waals surface area contributed by atoms with Gasteiger partial charge in [-0.15, -0.1) is 0 Å². The molecule has 2 amide bonds. The number of amides is 2. The summed E-state index contributed by atoms with van der Waals surface area (Å²) in [5, 5.41) is 3.02. The molecule has 2 aromatic rings. The highest BCUT2D eigenvalue weighted by Gasteiger charge is 2.36. The van der Waals surface area contributed by atoms with Crippen LogP contribution in [0.1, 0.15) is 6.42 Å². The summed E-state index contributed by atoms with van der Waals surface area (Å²) < 4.78 is 0. The number of carbonyl (C=O) groups is 2. The van der Waals surface area contributed by atoms with Gasteiger partial charge in [-0.2, -0.15) is 0 Å². The van der Waals surface area contributed by atoms with Crippen molar-refractivity contribution in [2.75, 3.05) is 16.8 Å². The molecule has 2 N–H and O–H groups in total. The topological polar surface area (TPSA) is 82.3 Å². The van der Waals surface area contributed by atoms with Gasteiger partial charge < -0.3 is 15.2 Å². The molecule has 1 aliphatic rings. The number of para-hydroxylation sites is 1. The Hall–Kier alpha value is -2.60. The standard InChI is InChI=1S/C16H14ClN3O3/c17-11-4-1-2-6-13(11)20-9-10(8-14(20)21)15(22)19-12-5-3-7-18-16(12)23/h1-7,10H,8-9H2,(H,18,23)(H,19,22). The molecule has 0 aliphatic carbocycles. The zero-order valence-electron chi connectivity index (χ0n) is 12.1. The van der Waals surface area contributed by atoms with Crippen molar-refractivity contribution in [1.82, 2.24) is 4.98 Å². The van der Waals surface area contributed by atoms with Crippen LogP contribution in [0.3, 0.4) is 0 Å². The maximum atomic E-state index is 12.3. The van der Waals surface area contributed by atoms with Gasteiger partial charge in [0.25, 0.3) is 5.56 Å². The Morgan fingerprint density at radius 3 is 2.74 bits per heavy atom. The average molecular weight is 332 g/mol. The van der Waals surface area contributed by atoms with Crippen molar-refractivity contribution in [3.63, 3.8) is 0 Å². The molecule has 0 spiro atoms. The highest BCUT2D eigenvalue weighted by molar-refractivity contribution is 6.33. The maximum Gasteiger partial charge on any atom is 0.271 e. The van der Waals surface area contributed by atoms with Crippen LogP contribution in [0.4, 0.5) is 11.4 Å². The van der Waals surface area contributed by atoms with Crippen LogP contribution in [0.15, 0.2) is 47.4 Å². The summed E-state index contributed by atoms with van der Waals surface area (Å²) in [4.78, 5) is 40.1. The third kappa shape index (κ3) is 3.12. The first-order valence-corrected chi connectivity index (χ1v) is 7.47. The van der Waals surface area contributed by atoms with E-state index in [9.17, 15) is 14.4 Å². The number of rotatable bonds is 3. The molecular formula is C16H14ClN3O3. The second-order valence-electron chi connectivity index (χ2n) is 5.26. The SMILES string of the molecule is O=C(Nc1ccc[nH]c1=O)C1CC(=O)N(c2ccccc2Cl)C1. The summed E-state index contributed by atoms with van der Waals surface area (Å²) in [5.74, 6) is -1.05. The average Bonchev–Trinajstić information content (AvgIpc) is 2.92. The lowest BCUT2D eigenvalue weighted by Gasteiger charge is -2.17. The molecular weight excluding hydrogens is 318 g/mol. The van der Waals surface area contributed by atoms with Crippen LogP contribution in [0, 0.1) is 5.92 Å². The van der Waals surface area contributed by atoms with Crippen LogP contribution in [-0.4, -0.2) is 23.3 Å². The van der Waals surface area contributed by atoms with Crippen molar-refractivity contribution in [2.45, 2.75) is 6.42 Å². The van der Waals surface area contributed by atoms with Crippen LogP contribution >= 0.6 is 11.6 Å². The van der Waals surface area contributed by atoms with Gasteiger partial charge in [-0.05, 0) is 24.3 Å². The number of hydrogen-bond acceptors (Lipinski definition) is 3. The Kier molecular flexibility index (Phi) is 4.16. The third-order valence-electron chi connectivity index (χ3n) is 3.72. The molecule has 1 unspecified atom stereocenters. The second-order valence-corrected chi connectivity index (χ2v) is 5.67. The number of benzene rings is 1. The van der Waals surface area contributed by atoms with E-state index in [1.165, 1.54) is 17.2 Å². The lowest BCUT2D eigenvalue weighted by Crippen LogP contribution is -2.29. The normalized spacial score (nSPS) is 17.3. The summed E-state index contributed by atoms with van der Waals surface area (Å²) in [7, 11) is 0. The first-order valence-electron chi connectivity index (χ1n) is 7.09. The zero-order valence-corrected chi connectivity index (χ0v) is 12.8. The first kappa shape index (κ1) is 15.3. The molecule has 23 heavy (non-hydrogen) atoms. The number of nitrogens with one attached hydrogen (secondary N) is 2. The van der Waals surface area contributed by atoms with Gasteiger partial charge in [0, 0.05) is 19.2 Å². The number of aromatic amines is 1. The minimum atomic E-state index is -0.529. The van der Waals surface area contributed by atoms with E-state index in [0.717, 1.165) is 0 Å². The number of nitrogens with zero attached hydrogens (tertiary/aromatic N) is 1. The van der Waals surface area contributed by atoms with E-state index in [4.69, 9.17) is 11.6 Å². The van der Waals surface area contributed by atoms with E-state index in [-0.39, 0.29) is 36.0 Å². The van der Waals surface area contributed by atoms with E-state index >= 15 is 0 Å². The fraction of sp³-hybridized carbons (Fsp3) is 0.188. The van der Waals surface area contributed by atoms with Crippen LogP contribution in [-0.2, 0) is 9.59 Å². The van der Waals surface area contributed by atoms with Crippen LogP contribution in [0.2, 0.25) is 5.02 Å². The minimum Gasteiger partial charge on any atom is -0.327 e. The number of aromatic nitrogens is 1. The number of pyridine rings is 1. The van der Waals surface area contributed by atoms with Gasteiger partial charge in [-0.25, -0.2) is 0 Å². The van der Waals surface area contributed by atoms with Crippen molar-refractivity contribution in [2.24, 2.45) is 5.92 Å². The second kappa shape index (κ2) is 6.26. The van der Waals surface area contributed by atoms with Gasteiger partial charge in [-0.1, -0.05) is 23.7 Å². The lowest BCUT2D eigenvalue weighted by molar-refractivity contribution is -0.122. The van der Waals surface area contributed by atoms with Crippen molar-refractivity contribution in [3.05, 3.63) is 58.0 Å². The summed E-state index contributed by atoms with van der Waals surface area (Å²) in [6.07, 6.45) is 1.57. The quantitative estimate of drug-likeness (QED) is 0.902. The van der Waals surface area contributed by atoms with E-state index < -0.39 is 5.92 Å². The maximum absolute atomic E-state index is 12.3. The molecule has 1 aromatic heterocycles. The van der Waals surface area contributed by atoms with E-state index in [1.54, 1.807) is 30.3 Å². The van der Waals surface area contributed by atoms with Gasteiger partial charge in [-0.3, -0.25) is 14.4 Å². The van der Waals surface area contributed by atoms with Gasteiger partial charge in [0.05, 0.1) is 16.6 Å². The monoisotopic (exact) mass is 331 g/mol. The predicted octanol–water partition coefficient (Wildman–Crippen LogP) is 2.02. The Morgan fingerprint density at radius 2 is 2.00 bits per heavy atom. The largest absolute Gasteiger partial charge is 0.327 e. The van der Waals surface area contributed by atoms with Crippen LogP contribution < -0.4 is 15.8 Å². The number of anilines is 2. The molecule has 2 heterocycles. The molecule has 1 fully saturated rings. The number of carbonyl (C=O) groups excluding carboxylic acids is 2. The molecule has 1 aliphatic heterocycles. The van der Waals surface area contributed by atoms with Gasteiger partial charge in [0.1, 0.15) is 5.69 Å². The molecule has 3 rings (SSSR count). The Morgan fingerprint density at radius 1 is 1.22 bits per heavy atom. The number of halogens is 1. The molecule has 1 saturated heterocycles. The first-order chi connectivity index (χ1) is 11.1. The number of hydrogen-bond donors (Lipinski definition) is 2. The molecule has 1 aromatic carbocycles. The Bertz CT molecular complexity index is 818. The van der Waals surface area contributed by atoms with Crippen molar-refractivity contribution >= 4 is 34.8 Å².